The maximum atomic E-state index is 10.3. The summed E-state index contributed by atoms with van der Waals surface area (Å²) in [5.74, 6) is -0.950. The van der Waals surface area contributed by atoms with Gasteiger partial charge >= 0.3 is 5.97 Å². The predicted octanol–water partition coefficient (Wildman–Crippen LogP) is 2.61. The Hall–Kier alpha value is -0.870. The number of hydrogen-bond acceptors (Lipinski definition) is 2. The molecule has 0 saturated heterocycles. The van der Waals surface area contributed by atoms with Crippen molar-refractivity contribution < 1.29 is 14.6 Å². The van der Waals surface area contributed by atoms with Gasteiger partial charge in [0.15, 0.2) is 0 Å². The van der Waals surface area contributed by atoms with Crippen LogP contribution in [-0.2, 0) is 9.53 Å². The standard InChI is InChI=1S/C10H11BrO3/c1-7(14-6-10(12)13)8-2-4-9(11)5-3-8/h2-5,7H,6H2,1H3,(H,12,13). The van der Waals surface area contributed by atoms with Crippen LogP contribution in [0.25, 0.3) is 0 Å². The van der Waals surface area contributed by atoms with Crippen molar-refractivity contribution in [2.24, 2.45) is 0 Å². The molecule has 1 N–H and O–H groups in total. The van der Waals surface area contributed by atoms with Crippen molar-refractivity contribution >= 4 is 21.9 Å². The van der Waals surface area contributed by atoms with Gasteiger partial charge in [0.25, 0.3) is 0 Å². The molecular formula is C10H11BrO3. The molecule has 3 nitrogen and oxygen atoms in total. The molecule has 0 fully saturated rings. The highest BCUT2D eigenvalue weighted by Gasteiger charge is 2.07. The molecule has 0 aliphatic carbocycles. The molecule has 76 valence electrons. The first-order chi connectivity index (χ1) is 6.59. The first-order valence-electron chi connectivity index (χ1n) is 4.18. The Morgan fingerprint density at radius 3 is 2.57 bits per heavy atom. The summed E-state index contributed by atoms with van der Waals surface area (Å²) in [6.45, 7) is 1.56. The number of hydrogen-bond donors (Lipinski definition) is 1. The van der Waals surface area contributed by atoms with Crippen LogP contribution in [0.1, 0.15) is 18.6 Å². The highest BCUT2D eigenvalue weighted by Crippen LogP contribution is 2.19. The van der Waals surface area contributed by atoms with E-state index >= 15 is 0 Å². The van der Waals surface area contributed by atoms with Crippen molar-refractivity contribution in [3.63, 3.8) is 0 Å². The lowest BCUT2D eigenvalue weighted by Crippen LogP contribution is -2.09. The van der Waals surface area contributed by atoms with Gasteiger partial charge < -0.3 is 9.84 Å². The fourth-order valence-electron chi connectivity index (χ4n) is 1.03. The van der Waals surface area contributed by atoms with E-state index in [4.69, 9.17) is 9.84 Å². The van der Waals surface area contributed by atoms with Gasteiger partial charge in [0.05, 0.1) is 6.10 Å². The fraction of sp³-hybridized carbons (Fsp3) is 0.300. The summed E-state index contributed by atoms with van der Waals surface area (Å²) in [4.78, 5) is 10.3. The average Bonchev–Trinajstić information content (AvgIpc) is 2.15. The molecule has 0 aromatic heterocycles. The number of benzene rings is 1. The van der Waals surface area contributed by atoms with E-state index in [1.165, 1.54) is 0 Å². The Morgan fingerprint density at radius 1 is 1.50 bits per heavy atom. The highest BCUT2D eigenvalue weighted by molar-refractivity contribution is 9.10. The van der Waals surface area contributed by atoms with Crippen LogP contribution in [0.3, 0.4) is 0 Å². The van der Waals surface area contributed by atoms with Gasteiger partial charge in [0, 0.05) is 4.47 Å². The first kappa shape index (κ1) is 11.2. The minimum atomic E-state index is -0.950. The summed E-state index contributed by atoms with van der Waals surface area (Å²) in [6.07, 6.45) is -0.195. The minimum absolute atomic E-state index is 0.195. The van der Waals surface area contributed by atoms with Crippen molar-refractivity contribution in [3.8, 4) is 0 Å². The second-order valence-corrected chi connectivity index (χ2v) is 3.81. The number of carboxylic acid groups (broad SMARTS) is 1. The normalized spacial score (nSPS) is 12.4. The summed E-state index contributed by atoms with van der Waals surface area (Å²) >= 11 is 3.32. The zero-order valence-electron chi connectivity index (χ0n) is 7.74. The van der Waals surface area contributed by atoms with Gasteiger partial charge in [-0.15, -0.1) is 0 Å². The lowest BCUT2D eigenvalue weighted by atomic mass is 10.1. The molecule has 1 rings (SSSR count). The summed E-state index contributed by atoms with van der Waals surface area (Å²) in [5.41, 5.74) is 0.967. The molecule has 0 aliphatic rings. The maximum Gasteiger partial charge on any atom is 0.329 e. The number of carbonyl (C=O) groups is 1. The van der Waals surface area contributed by atoms with E-state index in [0.29, 0.717) is 0 Å². The Bertz CT molecular complexity index is 308. The van der Waals surface area contributed by atoms with Gasteiger partial charge in [-0.25, -0.2) is 4.79 Å². The van der Waals surface area contributed by atoms with E-state index < -0.39 is 5.97 Å². The van der Waals surface area contributed by atoms with Crippen LogP contribution in [0.4, 0.5) is 0 Å². The van der Waals surface area contributed by atoms with Gasteiger partial charge in [-0.1, -0.05) is 28.1 Å². The van der Waals surface area contributed by atoms with Crippen LogP contribution in [0.2, 0.25) is 0 Å². The SMILES string of the molecule is CC(OCC(=O)O)c1ccc(Br)cc1. The van der Waals surface area contributed by atoms with Gasteiger partial charge in [-0.2, -0.15) is 0 Å². The zero-order chi connectivity index (χ0) is 10.6. The molecule has 0 radical (unpaired) electrons. The van der Waals surface area contributed by atoms with E-state index in [0.717, 1.165) is 10.0 Å². The van der Waals surface area contributed by atoms with Crippen LogP contribution in [0, 0.1) is 0 Å². The number of ether oxygens (including phenoxy) is 1. The molecule has 0 bridgehead atoms. The smallest absolute Gasteiger partial charge is 0.329 e. The molecular weight excluding hydrogens is 248 g/mol. The Morgan fingerprint density at radius 2 is 2.07 bits per heavy atom. The molecule has 1 aromatic carbocycles. The monoisotopic (exact) mass is 258 g/mol. The third kappa shape index (κ3) is 3.47. The number of aliphatic carboxylic acids is 1. The third-order valence-corrected chi connectivity index (χ3v) is 2.32. The van der Waals surface area contributed by atoms with Gasteiger partial charge in [-0.3, -0.25) is 0 Å². The molecule has 0 saturated carbocycles. The third-order valence-electron chi connectivity index (χ3n) is 1.80. The van der Waals surface area contributed by atoms with Gasteiger partial charge in [-0.05, 0) is 24.6 Å². The van der Waals surface area contributed by atoms with Crippen molar-refractivity contribution in [1.82, 2.24) is 0 Å². The van der Waals surface area contributed by atoms with Crippen molar-refractivity contribution in [1.29, 1.82) is 0 Å². The maximum absolute atomic E-state index is 10.3. The van der Waals surface area contributed by atoms with E-state index in [1.54, 1.807) is 0 Å². The predicted molar refractivity (Wildman–Crippen MR) is 56.1 cm³/mol. The molecule has 0 aliphatic heterocycles. The van der Waals surface area contributed by atoms with E-state index in [2.05, 4.69) is 15.9 Å². The molecule has 0 heterocycles. The van der Waals surface area contributed by atoms with Crippen LogP contribution < -0.4 is 0 Å². The summed E-state index contributed by atoms with van der Waals surface area (Å²) in [7, 11) is 0. The summed E-state index contributed by atoms with van der Waals surface area (Å²) in [6, 6.07) is 7.60. The number of rotatable bonds is 4. The lowest BCUT2D eigenvalue weighted by molar-refractivity contribution is -0.144. The fourth-order valence-corrected chi connectivity index (χ4v) is 1.29. The summed E-state index contributed by atoms with van der Waals surface area (Å²) in [5, 5.41) is 8.42. The van der Waals surface area contributed by atoms with E-state index in [-0.39, 0.29) is 12.7 Å². The van der Waals surface area contributed by atoms with Gasteiger partial charge in [0.1, 0.15) is 6.61 Å². The molecule has 1 atom stereocenters. The molecule has 14 heavy (non-hydrogen) atoms. The number of carboxylic acids is 1. The van der Waals surface area contributed by atoms with Crippen LogP contribution >= 0.6 is 15.9 Å². The highest BCUT2D eigenvalue weighted by atomic mass is 79.9. The largest absolute Gasteiger partial charge is 0.480 e. The van der Waals surface area contributed by atoms with Crippen molar-refractivity contribution in [2.75, 3.05) is 6.61 Å². The Kier molecular flexibility index (Phi) is 4.10. The molecule has 1 unspecified atom stereocenters. The second kappa shape index (κ2) is 5.12. The minimum Gasteiger partial charge on any atom is -0.480 e. The molecule has 0 amide bonds. The van der Waals surface area contributed by atoms with Crippen molar-refractivity contribution in [2.45, 2.75) is 13.0 Å². The molecule has 4 heteroatoms. The molecule has 0 spiro atoms. The second-order valence-electron chi connectivity index (χ2n) is 2.90. The first-order valence-corrected chi connectivity index (χ1v) is 4.98. The summed E-state index contributed by atoms with van der Waals surface area (Å²) < 4.78 is 6.11. The van der Waals surface area contributed by atoms with Crippen LogP contribution in [0.5, 0.6) is 0 Å². The Balaban J connectivity index is 2.56. The average molecular weight is 259 g/mol. The molecule has 1 aromatic rings. The zero-order valence-corrected chi connectivity index (χ0v) is 9.32. The number of halogens is 1. The van der Waals surface area contributed by atoms with E-state index in [1.807, 2.05) is 31.2 Å². The van der Waals surface area contributed by atoms with E-state index in [9.17, 15) is 4.79 Å². The van der Waals surface area contributed by atoms with Crippen LogP contribution in [0.15, 0.2) is 28.7 Å². The quantitative estimate of drug-likeness (QED) is 0.903. The topological polar surface area (TPSA) is 46.5 Å². The van der Waals surface area contributed by atoms with Gasteiger partial charge in [0.2, 0.25) is 0 Å². The lowest BCUT2D eigenvalue weighted by Gasteiger charge is -2.11. The van der Waals surface area contributed by atoms with Crippen molar-refractivity contribution in [3.05, 3.63) is 34.3 Å². The Labute approximate surface area is 90.8 Å². The van der Waals surface area contributed by atoms with Crippen LogP contribution in [-0.4, -0.2) is 17.7 Å².